The molecule has 2 bridgehead atoms. The summed E-state index contributed by atoms with van der Waals surface area (Å²) in [5, 5.41) is 0. The van der Waals surface area contributed by atoms with Crippen molar-refractivity contribution in [2.24, 2.45) is 5.92 Å². The number of ketones is 1. The minimum atomic E-state index is 0.255. The van der Waals surface area contributed by atoms with Crippen molar-refractivity contribution in [2.45, 2.75) is 26.2 Å². The number of Topliss-reactive ketones (excluding diaryl/α,β-unsaturated/α-hetero) is 1. The van der Waals surface area contributed by atoms with Gasteiger partial charge in [0.05, 0.1) is 12.3 Å². The summed E-state index contributed by atoms with van der Waals surface area (Å²) in [4.78, 5) is 14.5. The van der Waals surface area contributed by atoms with E-state index in [4.69, 9.17) is 4.74 Å². The number of carbonyl (C=O) groups excluding carboxylic acids is 1. The Morgan fingerprint density at radius 3 is 2.85 bits per heavy atom. The van der Waals surface area contributed by atoms with Gasteiger partial charge >= 0.3 is 0 Å². The van der Waals surface area contributed by atoms with Crippen LogP contribution in [0.5, 0.6) is 5.75 Å². The fraction of sp³-hybridized carbons (Fsp3) is 0.471. The summed E-state index contributed by atoms with van der Waals surface area (Å²) < 4.78 is 5.65. The number of benzene rings is 1. The van der Waals surface area contributed by atoms with Crippen molar-refractivity contribution in [1.29, 1.82) is 0 Å². The second-order valence-corrected chi connectivity index (χ2v) is 5.58. The average Bonchev–Trinajstić information content (AvgIpc) is 2.50. The smallest absolute Gasteiger partial charge is 0.182 e. The monoisotopic (exact) mass is 271 g/mol. The van der Waals surface area contributed by atoms with Gasteiger partial charge in [0.1, 0.15) is 5.75 Å². The maximum Gasteiger partial charge on any atom is 0.182 e. The van der Waals surface area contributed by atoms with Crippen LogP contribution in [-0.2, 0) is 4.79 Å². The standard InChI is InChI=1S/C17H21NO2/c1-2-10-20-15-5-3-4-13(11-15)12-16-17(19)14-6-8-18(16)9-7-14/h3-5,11-12,14H,2,6-10H2,1H3/b16-12-. The SMILES string of the molecule is CCCOc1cccc(/C=C2/C(=O)C3CCN2CC3)c1. The van der Waals surface area contributed by atoms with Crippen LogP contribution in [0, 0.1) is 5.92 Å². The number of allylic oxidation sites excluding steroid dienone is 1. The molecule has 1 aromatic carbocycles. The van der Waals surface area contributed by atoms with Crippen molar-refractivity contribution in [1.82, 2.24) is 4.90 Å². The molecule has 3 aliphatic rings. The molecule has 3 heterocycles. The molecule has 20 heavy (non-hydrogen) atoms. The van der Waals surface area contributed by atoms with E-state index in [0.29, 0.717) is 5.78 Å². The molecule has 1 aromatic rings. The molecule has 3 heteroatoms. The van der Waals surface area contributed by atoms with Crippen LogP contribution < -0.4 is 4.74 Å². The van der Waals surface area contributed by atoms with Crippen molar-refractivity contribution < 1.29 is 9.53 Å². The molecule has 3 saturated heterocycles. The molecule has 0 N–H and O–H groups in total. The van der Waals surface area contributed by atoms with Crippen molar-refractivity contribution in [2.75, 3.05) is 19.7 Å². The maximum absolute atomic E-state index is 12.3. The predicted molar refractivity (Wildman–Crippen MR) is 79.5 cm³/mol. The first kappa shape index (κ1) is 13.2. The number of nitrogens with zero attached hydrogens (tertiary/aromatic N) is 1. The van der Waals surface area contributed by atoms with Gasteiger partial charge in [-0.15, -0.1) is 0 Å². The summed E-state index contributed by atoms with van der Waals surface area (Å²) in [6.07, 6.45) is 5.07. The lowest BCUT2D eigenvalue weighted by molar-refractivity contribution is -0.125. The third kappa shape index (κ3) is 2.58. The van der Waals surface area contributed by atoms with Crippen LogP contribution in [0.25, 0.3) is 6.08 Å². The molecule has 3 fully saturated rings. The van der Waals surface area contributed by atoms with Gasteiger partial charge < -0.3 is 9.64 Å². The molecule has 0 radical (unpaired) electrons. The number of carbonyl (C=O) groups is 1. The highest BCUT2D eigenvalue weighted by Gasteiger charge is 2.36. The Morgan fingerprint density at radius 1 is 1.35 bits per heavy atom. The number of hydrogen-bond donors (Lipinski definition) is 0. The Morgan fingerprint density at radius 2 is 2.15 bits per heavy atom. The average molecular weight is 271 g/mol. The van der Waals surface area contributed by atoms with Crippen LogP contribution in [-0.4, -0.2) is 30.4 Å². The fourth-order valence-electron chi connectivity index (χ4n) is 2.98. The molecule has 0 unspecified atom stereocenters. The highest BCUT2D eigenvalue weighted by atomic mass is 16.5. The quantitative estimate of drug-likeness (QED) is 0.788. The predicted octanol–water partition coefficient (Wildman–Crippen LogP) is 3.11. The molecule has 0 aliphatic carbocycles. The Labute approximate surface area is 120 Å². The minimum Gasteiger partial charge on any atom is -0.494 e. The van der Waals surface area contributed by atoms with Gasteiger partial charge in [-0.25, -0.2) is 0 Å². The van der Waals surface area contributed by atoms with Crippen LogP contribution >= 0.6 is 0 Å². The summed E-state index contributed by atoms with van der Waals surface area (Å²) in [5.74, 6) is 1.46. The second-order valence-electron chi connectivity index (χ2n) is 5.58. The molecule has 0 aromatic heterocycles. The molecule has 3 nitrogen and oxygen atoms in total. The topological polar surface area (TPSA) is 29.5 Å². The summed E-state index contributed by atoms with van der Waals surface area (Å²) in [7, 11) is 0. The van der Waals surface area contributed by atoms with E-state index < -0.39 is 0 Å². The zero-order valence-corrected chi connectivity index (χ0v) is 12.0. The zero-order valence-electron chi connectivity index (χ0n) is 12.0. The van der Waals surface area contributed by atoms with Gasteiger partial charge in [0.25, 0.3) is 0 Å². The van der Waals surface area contributed by atoms with Gasteiger partial charge in [-0.3, -0.25) is 4.79 Å². The molecule has 0 amide bonds. The Balaban J connectivity index is 1.82. The zero-order chi connectivity index (χ0) is 13.9. The van der Waals surface area contributed by atoms with Crippen LogP contribution in [0.3, 0.4) is 0 Å². The van der Waals surface area contributed by atoms with Crippen LogP contribution in [0.1, 0.15) is 31.7 Å². The van der Waals surface area contributed by atoms with Gasteiger partial charge in [0.2, 0.25) is 0 Å². The third-order valence-electron chi connectivity index (χ3n) is 4.09. The Hall–Kier alpha value is -1.77. The lowest BCUT2D eigenvalue weighted by atomic mass is 9.84. The van der Waals surface area contributed by atoms with Crippen molar-refractivity contribution in [3.05, 3.63) is 35.5 Å². The normalized spacial score (nSPS) is 20.8. The highest BCUT2D eigenvalue weighted by Crippen LogP contribution is 2.32. The lowest BCUT2D eigenvalue weighted by Gasteiger charge is -2.41. The van der Waals surface area contributed by atoms with Gasteiger partial charge in [-0.2, -0.15) is 0 Å². The van der Waals surface area contributed by atoms with E-state index in [-0.39, 0.29) is 5.92 Å². The molecular weight excluding hydrogens is 250 g/mol. The Bertz CT molecular complexity index is 528. The number of fused-ring (bicyclic) bond motifs is 3. The van der Waals surface area contributed by atoms with Crippen LogP contribution in [0.4, 0.5) is 0 Å². The first-order valence-corrected chi connectivity index (χ1v) is 7.51. The molecular formula is C17H21NO2. The van der Waals surface area contributed by atoms with Crippen molar-refractivity contribution >= 4 is 11.9 Å². The lowest BCUT2D eigenvalue weighted by Crippen LogP contribution is -2.45. The van der Waals surface area contributed by atoms with E-state index in [1.165, 1.54) is 0 Å². The molecule has 0 saturated carbocycles. The van der Waals surface area contributed by atoms with Crippen LogP contribution in [0.15, 0.2) is 30.0 Å². The Kier molecular flexibility index (Phi) is 3.77. The number of ether oxygens (including phenoxy) is 1. The minimum absolute atomic E-state index is 0.255. The summed E-state index contributed by atoms with van der Waals surface area (Å²) in [6, 6.07) is 7.99. The van der Waals surface area contributed by atoms with Gasteiger partial charge in [-0.05, 0) is 43.0 Å². The van der Waals surface area contributed by atoms with Crippen molar-refractivity contribution in [3.8, 4) is 5.75 Å². The summed E-state index contributed by atoms with van der Waals surface area (Å²) in [6.45, 7) is 4.87. The van der Waals surface area contributed by atoms with E-state index in [2.05, 4.69) is 11.8 Å². The van der Waals surface area contributed by atoms with E-state index in [0.717, 1.165) is 56.0 Å². The molecule has 0 atom stereocenters. The van der Waals surface area contributed by atoms with E-state index >= 15 is 0 Å². The van der Waals surface area contributed by atoms with Gasteiger partial charge in [0.15, 0.2) is 5.78 Å². The molecule has 0 spiro atoms. The molecule has 3 aliphatic heterocycles. The van der Waals surface area contributed by atoms with E-state index in [1.807, 2.05) is 30.3 Å². The van der Waals surface area contributed by atoms with Gasteiger partial charge in [0, 0.05) is 19.0 Å². The van der Waals surface area contributed by atoms with Gasteiger partial charge in [-0.1, -0.05) is 19.1 Å². The van der Waals surface area contributed by atoms with E-state index in [1.54, 1.807) is 0 Å². The van der Waals surface area contributed by atoms with Crippen molar-refractivity contribution in [3.63, 3.8) is 0 Å². The number of hydrogen-bond acceptors (Lipinski definition) is 3. The first-order valence-electron chi connectivity index (χ1n) is 7.51. The summed E-state index contributed by atoms with van der Waals surface area (Å²) >= 11 is 0. The summed E-state index contributed by atoms with van der Waals surface area (Å²) in [5.41, 5.74) is 1.94. The number of rotatable bonds is 4. The van der Waals surface area contributed by atoms with Crippen LogP contribution in [0.2, 0.25) is 0 Å². The fourth-order valence-corrected chi connectivity index (χ4v) is 2.98. The maximum atomic E-state index is 12.3. The third-order valence-corrected chi connectivity index (χ3v) is 4.09. The highest BCUT2D eigenvalue weighted by molar-refractivity contribution is 6.01. The molecule has 4 rings (SSSR count). The number of piperidine rings is 3. The molecule has 106 valence electrons. The first-order chi connectivity index (χ1) is 9.78. The van der Waals surface area contributed by atoms with E-state index in [9.17, 15) is 4.79 Å². The largest absolute Gasteiger partial charge is 0.494 e. The second kappa shape index (κ2) is 5.70.